The zero-order valence-corrected chi connectivity index (χ0v) is 11.0. The molecule has 1 unspecified atom stereocenters. The van der Waals surface area contributed by atoms with E-state index in [4.69, 9.17) is 17.3 Å². The largest absolute Gasteiger partial charge is 0.419 e. The van der Waals surface area contributed by atoms with Gasteiger partial charge in [-0.25, -0.2) is 4.39 Å². The SMILES string of the molecule is Cn1ncc(Cl)c1C(N)c1cccc(C(F)(F)F)c1F. The average molecular weight is 308 g/mol. The van der Waals surface area contributed by atoms with Crippen LogP contribution in [0, 0.1) is 5.82 Å². The van der Waals surface area contributed by atoms with E-state index in [0.717, 1.165) is 6.07 Å². The number of aromatic nitrogens is 2. The molecule has 0 aliphatic rings. The lowest BCUT2D eigenvalue weighted by Gasteiger charge is -2.17. The van der Waals surface area contributed by atoms with E-state index >= 15 is 0 Å². The van der Waals surface area contributed by atoms with E-state index in [0.29, 0.717) is 6.07 Å². The molecule has 8 heteroatoms. The van der Waals surface area contributed by atoms with Gasteiger partial charge in [0.2, 0.25) is 0 Å². The number of nitrogens with two attached hydrogens (primary N) is 1. The third kappa shape index (κ3) is 2.51. The highest BCUT2D eigenvalue weighted by atomic mass is 35.5. The van der Waals surface area contributed by atoms with Crippen molar-refractivity contribution in [1.82, 2.24) is 9.78 Å². The van der Waals surface area contributed by atoms with Gasteiger partial charge in [-0.3, -0.25) is 4.68 Å². The van der Waals surface area contributed by atoms with Crippen LogP contribution < -0.4 is 5.73 Å². The molecule has 0 radical (unpaired) electrons. The van der Waals surface area contributed by atoms with Crippen LogP contribution in [-0.2, 0) is 13.2 Å². The minimum atomic E-state index is -4.78. The van der Waals surface area contributed by atoms with Crippen LogP contribution in [0.5, 0.6) is 0 Å². The Kier molecular flexibility index (Phi) is 3.75. The Morgan fingerprint density at radius 1 is 1.35 bits per heavy atom. The van der Waals surface area contributed by atoms with Crippen molar-refractivity contribution in [3.05, 3.63) is 52.1 Å². The molecular weight excluding hydrogens is 298 g/mol. The van der Waals surface area contributed by atoms with Crippen LogP contribution in [-0.4, -0.2) is 9.78 Å². The first-order valence-electron chi connectivity index (χ1n) is 5.52. The summed E-state index contributed by atoms with van der Waals surface area (Å²) in [5.41, 5.74) is 4.42. The third-order valence-electron chi connectivity index (χ3n) is 2.90. The summed E-state index contributed by atoms with van der Waals surface area (Å²) in [6, 6.07) is 1.82. The Morgan fingerprint density at radius 3 is 2.50 bits per heavy atom. The van der Waals surface area contributed by atoms with Gasteiger partial charge in [-0.2, -0.15) is 18.3 Å². The minimum Gasteiger partial charge on any atom is -0.319 e. The van der Waals surface area contributed by atoms with E-state index in [9.17, 15) is 17.6 Å². The minimum absolute atomic E-state index is 0.164. The summed E-state index contributed by atoms with van der Waals surface area (Å²) in [6.07, 6.45) is -3.49. The molecule has 0 saturated heterocycles. The fourth-order valence-electron chi connectivity index (χ4n) is 1.93. The number of alkyl halides is 3. The summed E-state index contributed by atoms with van der Waals surface area (Å²) in [7, 11) is 1.52. The van der Waals surface area contributed by atoms with Crippen molar-refractivity contribution >= 4 is 11.6 Å². The summed E-state index contributed by atoms with van der Waals surface area (Å²) >= 11 is 5.86. The zero-order chi connectivity index (χ0) is 15.1. The topological polar surface area (TPSA) is 43.8 Å². The number of hydrogen-bond donors (Lipinski definition) is 1. The Hall–Kier alpha value is -1.60. The molecule has 0 aliphatic heterocycles. The molecule has 3 nitrogen and oxygen atoms in total. The number of aryl methyl sites for hydroxylation is 1. The van der Waals surface area contributed by atoms with Gasteiger partial charge in [0, 0.05) is 12.6 Å². The standard InChI is InChI=1S/C12H10ClF4N3/c1-20-11(8(13)5-19-20)10(18)6-3-2-4-7(9(6)14)12(15,16)17/h2-5,10H,18H2,1H3. The highest BCUT2D eigenvalue weighted by Crippen LogP contribution is 2.35. The smallest absolute Gasteiger partial charge is 0.319 e. The van der Waals surface area contributed by atoms with E-state index in [2.05, 4.69) is 5.10 Å². The van der Waals surface area contributed by atoms with Crippen LogP contribution >= 0.6 is 11.6 Å². The first kappa shape index (κ1) is 14.8. The number of benzene rings is 1. The predicted molar refractivity (Wildman–Crippen MR) is 65.7 cm³/mol. The number of nitrogens with zero attached hydrogens (tertiary/aromatic N) is 2. The highest BCUT2D eigenvalue weighted by molar-refractivity contribution is 6.31. The first-order valence-corrected chi connectivity index (χ1v) is 5.90. The van der Waals surface area contributed by atoms with Crippen LogP contribution in [0.3, 0.4) is 0 Å². The van der Waals surface area contributed by atoms with Crippen molar-refractivity contribution in [1.29, 1.82) is 0 Å². The van der Waals surface area contributed by atoms with Crippen molar-refractivity contribution in [2.75, 3.05) is 0 Å². The molecule has 2 aromatic rings. The van der Waals surface area contributed by atoms with Gasteiger partial charge < -0.3 is 5.73 Å². The van der Waals surface area contributed by atoms with Crippen LogP contribution in [0.25, 0.3) is 0 Å². The van der Waals surface area contributed by atoms with E-state index < -0.39 is 23.6 Å². The van der Waals surface area contributed by atoms with Gasteiger partial charge in [0.1, 0.15) is 5.82 Å². The zero-order valence-electron chi connectivity index (χ0n) is 10.2. The molecule has 1 aromatic carbocycles. The van der Waals surface area contributed by atoms with Gasteiger partial charge in [0.15, 0.2) is 0 Å². The van der Waals surface area contributed by atoms with Crippen molar-refractivity contribution in [3.63, 3.8) is 0 Å². The molecule has 0 bridgehead atoms. The fraction of sp³-hybridized carbons (Fsp3) is 0.250. The summed E-state index contributed by atoms with van der Waals surface area (Å²) < 4.78 is 53.3. The Morgan fingerprint density at radius 2 is 2.00 bits per heavy atom. The molecule has 1 aromatic heterocycles. The number of rotatable bonds is 2. The molecule has 2 rings (SSSR count). The molecule has 2 N–H and O–H groups in total. The second-order valence-corrected chi connectivity index (χ2v) is 4.59. The van der Waals surface area contributed by atoms with Crippen LogP contribution in [0.4, 0.5) is 17.6 Å². The quantitative estimate of drug-likeness (QED) is 0.865. The van der Waals surface area contributed by atoms with Gasteiger partial charge in [-0.1, -0.05) is 23.7 Å². The van der Waals surface area contributed by atoms with Gasteiger partial charge in [-0.05, 0) is 6.07 Å². The van der Waals surface area contributed by atoms with E-state index in [1.54, 1.807) is 0 Å². The number of hydrogen-bond acceptors (Lipinski definition) is 2. The highest BCUT2D eigenvalue weighted by Gasteiger charge is 2.36. The maximum Gasteiger partial charge on any atom is 0.419 e. The van der Waals surface area contributed by atoms with E-state index in [1.807, 2.05) is 0 Å². The molecule has 0 aliphatic carbocycles. The summed E-state index contributed by atoms with van der Waals surface area (Å²) in [4.78, 5) is 0. The van der Waals surface area contributed by atoms with Gasteiger partial charge >= 0.3 is 6.18 Å². The van der Waals surface area contributed by atoms with Crippen molar-refractivity contribution < 1.29 is 17.6 Å². The lowest BCUT2D eigenvalue weighted by atomic mass is 10.0. The Labute approximate surface area is 116 Å². The third-order valence-corrected chi connectivity index (χ3v) is 3.19. The second-order valence-electron chi connectivity index (χ2n) is 4.19. The van der Waals surface area contributed by atoms with Crippen molar-refractivity contribution in [2.24, 2.45) is 12.8 Å². The Balaban J connectivity index is 2.54. The van der Waals surface area contributed by atoms with Crippen molar-refractivity contribution in [3.8, 4) is 0 Å². The molecule has 0 spiro atoms. The summed E-state index contributed by atoms with van der Waals surface area (Å²) in [6.45, 7) is 0. The van der Waals surface area contributed by atoms with Crippen LogP contribution in [0.15, 0.2) is 24.4 Å². The molecular formula is C12H10ClF4N3. The van der Waals surface area contributed by atoms with Gasteiger partial charge in [-0.15, -0.1) is 0 Å². The maximum atomic E-state index is 14.0. The van der Waals surface area contributed by atoms with E-state index in [-0.39, 0.29) is 16.3 Å². The van der Waals surface area contributed by atoms with Crippen LogP contribution in [0.1, 0.15) is 22.9 Å². The fourth-order valence-corrected chi connectivity index (χ4v) is 2.21. The normalized spacial score (nSPS) is 13.6. The lowest BCUT2D eigenvalue weighted by molar-refractivity contribution is -0.140. The van der Waals surface area contributed by atoms with Crippen molar-refractivity contribution in [2.45, 2.75) is 12.2 Å². The maximum absolute atomic E-state index is 14.0. The van der Waals surface area contributed by atoms with Crippen LogP contribution in [0.2, 0.25) is 5.02 Å². The molecule has 108 valence electrons. The summed E-state index contributed by atoms with van der Waals surface area (Å²) in [5, 5.41) is 3.99. The molecule has 20 heavy (non-hydrogen) atoms. The van der Waals surface area contributed by atoms with Gasteiger partial charge in [0.05, 0.1) is 28.5 Å². The predicted octanol–water partition coefficient (Wildman–Crippen LogP) is 3.28. The number of halogens is 5. The molecule has 0 amide bonds. The lowest BCUT2D eigenvalue weighted by Crippen LogP contribution is -2.20. The Bertz CT molecular complexity index is 617. The summed E-state index contributed by atoms with van der Waals surface area (Å²) in [5.74, 6) is -1.40. The molecule has 0 saturated carbocycles. The van der Waals surface area contributed by atoms with Gasteiger partial charge in [0.25, 0.3) is 0 Å². The second kappa shape index (κ2) is 5.06. The molecule has 1 heterocycles. The average Bonchev–Trinajstić information content (AvgIpc) is 2.67. The first-order chi connectivity index (χ1) is 9.23. The van der Waals surface area contributed by atoms with E-state index in [1.165, 1.54) is 24.0 Å². The monoisotopic (exact) mass is 307 g/mol. The molecule has 0 fully saturated rings. The molecule has 1 atom stereocenters.